The van der Waals surface area contributed by atoms with Crippen molar-refractivity contribution in [3.63, 3.8) is 0 Å². The first-order valence-corrected chi connectivity index (χ1v) is 27.8. The number of nitrogens with one attached hydrogen (secondary N) is 1. The van der Waals surface area contributed by atoms with Gasteiger partial charge in [0, 0.05) is 41.9 Å². The van der Waals surface area contributed by atoms with Crippen molar-refractivity contribution in [1.29, 1.82) is 0 Å². The molecule has 0 spiro atoms. The molecule has 0 aliphatic carbocycles. The molecule has 96 heavy (non-hydrogen) atoms. The summed E-state index contributed by atoms with van der Waals surface area (Å²) in [6, 6.07) is 35.0. The lowest BCUT2D eigenvalue weighted by Gasteiger charge is -2.19. The molecule has 0 radical (unpaired) electrons. The molecule has 0 aliphatic rings. The van der Waals surface area contributed by atoms with E-state index in [0.717, 1.165) is 72.5 Å². The van der Waals surface area contributed by atoms with Gasteiger partial charge in [0.25, 0.3) is 5.56 Å². The average Bonchev–Trinajstić information content (AvgIpc) is 0.814. The minimum absolute atomic E-state index is 0.0133. The van der Waals surface area contributed by atoms with Crippen LogP contribution in [0.2, 0.25) is 0 Å². The summed E-state index contributed by atoms with van der Waals surface area (Å²) in [4.78, 5) is 59.9. The van der Waals surface area contributed by atoms with Crippen LogP contribution in [-0.4, -0.2) is 56.9 Å². The molecule has 3 N–H and O–H groups in total. The van der Waals surface area contributed by atoms with Gasteiger partial charge in [0.15, 0.2) is 0 Å². The van der Waals surface area contributed by atoms with E-state index in [1.807, 2.05) is 20.8 Å². The summed E-state index contributed by atoms with van der Waals surface area (Å²) in [5.41, 5.74) is 5.03. The van der Waals surface area contributed by atoms with Gasteiger partial charge in [-0.25, -0.2) is 42.1 Å². The van der Waals surface area contributed by atoms with Crippen molar-refractivity contribution in [3.05, 3.63) is 278 Å². The molecule has 0 saturated heterocycles. The van der Waals surface area contributed by atoms with Crippen LogP contribution in [0.3, 0.4) is 0 Å². The number of fused-ring (bicyclic) bond motifs is 1. The quantitative estimate of drug-likeness (QED) is 0.0478. The van der Waals surface area contributed by atoms with E-state index in [9.17, 15) is 80.6 Å². The first-order valence-electron chi connectivity index (χ1n) is 27.8. The van der Waals surface area contributed by atoms with Crippen molar-refractivity contribution in [2.24, 2.45) is 5.73 Å². The fourth-order valence-electron chi connectivity index (χ4n) is 8.34. The Hall–Kier alpha value is -11.1. The van der Waals surface area contributed by atoms with Gasteiger partial charge in [0.1, 0.15) is 57.7 Å². The molecule has 502 valence electrons. The molecule has 6 aromatic carbocycles. The summed E-state index contributed by atoms with van der Waals surface area (Å²) in [6.07, 6.45) is -8.72. The van der Waals surface area contributed by atoms with Gasteiger partial charge in [-0.15, -0.1) is 0 Å². The van der Waals surface area contributed by atoms with Gasteiger partial charge < -0.3 is 34.6 Å². The van der Waals surface area contributed by atoms with Gasteiger partial charge >= 0.3 is 30.5 Å². The fraction of sp³-hybridized carbons (Fsp3) is 0.164. The number of benzene rings is 6. The Bertz CT molecular complexity index is 4330. The number of methoxy groups -OCH3 is 2. The van der Waals surface area contributed by atoms with Crippen LogP contribution in [0.25, 0.3) is 10.9 Å². The molecule has 3 atom stereocenters. The Balaban J connectivity index is 0.000000207. The number of anilines is 1. The number of halogens is 14. The molecule has 0 bridgehead atoms. The average molecular weight is 1350 g/mol. The van der Waals surface area contributed by atoms with E-state index in [4.69, 9.17) is 19.9 Å². The third-order valence-electron chi connectivity index (χ3n) is 13.3. The van der Waals surface area contributed by atoms with E-state index in [1.165, 1.54) is 98.6 Å². The molecule has 0 saturated carbocycles. The third-order valence-corrected chi connectivity index (χ3v) is 13.3. The second-order valence-corrected chi connectivity index (χ2v) is 19.9. The van der Waals surface area contributed by atoms with Gasteiger partial charge in [-0.1, -0.05) is 36.4 Å². The third kappa shape index (κ3) is 20.7. The highest BCUT2D eigenvalue weighted by Crippen LogP contribution is 2.39. The maximum Gasteiger partial charge on any atom is 0.421 e. The molecule has 0 amide bonds. The zero-order valence-corrected chi connectivity index (χ0v) is 50.6. The number of hydrogen-bond donors (Lipinski definition) is 2. The molecular weight excluding hydrogens is 1300 g/mol. The number of nitrogens with two attached hydrogens (primary N) is 1. The van der Waals surface area contributed by atoms with Crippen LogP contribution < -0.4 is 26.1 Å². The number of aromatic nitrogens is 5. The summed E-state index contributed by atoms with van der Waals surface area (Å²) in [7, 11) is 2.33. The Morgan fingerprint density at radius 1 is 0.531 bits per heavy atom. The normalized spacial score (nSPS) is 12.0. The minimum Gasteiger partial charge on any atom is -0.465 e. The first-order chi connectivity index (χ1) is 45.3. The Morgan fingerprint density at radius 3 is 1.46 bits per heavy atom. The van der Waals surface area contributed by atoms with Gasteiger partial charge in [0.2, 0.25) is 17.7 Å². The number of pyridine rings is 3. The SMILES string of the molecule is COC(=O)c1cc(C=O)ccc1F.COC(=O)c1cc(Oc2ncccc2C(F)(F)F)ccc1N[C@@H](C)c1ccc(F)cc1.C[C@@H](c1ccc(F)cc1)n1cnc(=O)c2cc(Oc3ncccc3C(F)(F)F)ccc21.C[C@H](N)c1ccc(F)cc1.Fc1ncccc1C(F)(F)F. The minimum atomic E-state index is -4.65. The van der Waals surface area contributed by atoms with Gasteiger partial charge in [0.05, 0.1) is 48.6 Å². The maximum absolute atomic E-state index is 13.2. The lowest BCUT2D eigenvalue weighted by Crippen LogP contribution is -2.16. The highest BCUT2D eigenvalue weighted by atomic mass is 19.4. The van der Waals surface area contributed by atoms with E-state index < -0.39 is 76.2 Å². The highest BCUT2D eigenvalue weighted by Gasteiger charge is 2.37. The molecule has 29 heteroatoms. The largest absolute Gasteiger partial charge is 0.465 e. The van der Waals surface area contributed by atoms with Crippen molar-refractivity contribution < 1.29 is 94.8 Å². The molecule has 15 nitrogen and oxygen atoms in total. The molecule has 4 heterocycles. The predicted molar refractivity (Wildman–Crippen MR) is 322 cm³/mol. The summed E-state index contributed by atoms with van der Waals surface area (Å²) in [6.45, 7) is 5.53. The summed E-state index contributed by atoms with van der Waals surface area (Å²) < 4.78 is 200. The van der Waals surface area contributed by atoms with Crippen molar-refractivity contribution >= 4 is 34.8 Å². The number of carbonyl (C=O) groups is 3. The number of ether oxygens (including phenoxy) is 4. The van der Waals surface area contributed by atoms with Crippen molar-refractivity contribution in [2.45, 2.75) is 57.4 Å². The van der Waals surface area contributed by atoms with Gasteiger partial charge in [-0.3, -0.25) is 9.59 Å². The van der Waals surface area contributed by atoms with Crippen LogP contribution >= 0.6 is 0 Å². The smallest absolute Gasteiger partial charge is 0.421 e. The van der Waals surface area contributed by atoms with Gasteiger partial charge in [-0.2, -0.15) is 48.9 Å². The lowest BCUT2D eigenvalue weighted by molar-refractivity contribution is -0.141. The number of alkyl halides is 9. The molecule has 0 fully saturated rings. The number of hydrogen-bond acceptors (Lipinski definition) is 14. The van der Waals surface area contributed by atoms with Crippen LogP contribution in [-0.2, 0) is 28.0 Å². The second kappa shape index (κ2) is 33.1. The second-order valence-electron chi connectivity index (χ2n) is 19.9. The maximum atomic E-state index is 13.2. The van der Waals surface area contributed by atoms with Crippen LogP contribution in [0.1, 0.15) is 103 Å². The number of carbonyl (C=O) groups excluding carboxylic acids is 3. The molecule has 0 aliphatic heterocycles. The number of aldehydes is 1. The molecule has 10 aromatic rings. The number of esters is 2. The zero-order valence-electron chi connectivity index (χ0n) is 50.6. The van der Waals surface area contributed by atoms with E-state index in [-0.39, 0.29) is 69.2 Å². The van der Waals surface area contributed by atoms with E-state index >= 15 is 0 Å². The zero-order chi connectivity index (χ0) is 70.7. The van der Waals surface area contributed by atoms with E-state index in [2.05, 4.69) is 30.0 Å². The van der Waals surface area contributed by atoms with Crippen LogP contribution in [0.4, 0.5) is 67.2 Å². The molecule has 0 unspecified atom stereocenters. The Morgan fingerprint density at radius 2 is 0.990 bits per heavy atom. The monoisotopic (exact) mass is 1350 g/mol. The van der Waals surface area contributed by atoms with Crippen LogP contribution in [0.15, 0.2) is 194 Å². The van der Waals surface area contributed by atoms with Gasteiger partial charge in [-0.05, 0) is 165 Å². The summed E-state index contributed by atoms with van der Waals surface area (Å²) in [5.74, 6) is -5.90. The Labute approximate surface area is 536 Å². The fourth-order valence-corrected chi connectivity index (χ4v) is 8.34. The lowest BCUT2D eigenvalue weighted by atomic mass is 10.1. The molecule has 4 aromatic heterocycles. The molecular formula is C67H53F14N7O8. The van der Waals surface area contributed by atoms with Crippen LogP contribution in [0.5, 0.6) is 23.3 Å². The van der Waals surface area contributed by atoms with E-state index in [1.54, 1.807) is 47.0 Å². The Kier molecular flexibility index (Phi) is 25.5. The van der Waals surface area contributed by atoms with E-state index in [0.29, 0.717) is 23.6 Å². The first kappa shape index (κ1) is 73.9. The number of nitrogens with zero attached hydrogens (tertiary/aromatic N) is 5. The summed E-state index contributed by atoms with van der Waals surface area (Å²) >= 11 is 0. The predicted octanol–water partition coefficient (Wildman–Crippen LogP) is 16.9. The number of rotatable bonds is 13. The van der Waals surface area contributed by atoms with Crippen molar-refractivity contribution in [2.75, 3.05) is 19.5 Å². The topological polar surface area (TPSA) is 200 Å². The summed E-state index contributed by atoms with van der Waals surface area (Å²) in [5, 5.41) is 3.28. The highest BCUT2D eigenvalue weighted by molar-refractivity contribution is 5.96. The van der Waals surface area contributed by atoms with Crippen molar-refractivity contribution in [1.82, 2.24) is 24.5 Å². The standard InChI is InChI=1S/C22H15F4N3O2.C22H18F4N2O3.C9H7FO3.C8H10FN.C6H3F4N/c1-13(14-4-6-15(23)7-5-14)29-12-28-20(30)17-11-16(8-9-19(17)29)31-21-18(22(24,25)26)3-2-10-27-21;1-13(14-5-7-15(23)8-6-14)28-19-10-9-16(12-17(19)21(29)30-2)31-20-18(22(24,25)26)4-3-11-27-20;1-13-9(12)7-4-6(5-11)2-3-8(7)10;1-6(10)7-2-4-8(9)5-3-7;7-5-4(6(8,9)10)2-1-3-11-5/h2-13H,1H3;3-13,28H,1-2H3;2-5H,1H3;2-6H,10H2,1H3;1-3H/t2*13-;;6-;/m00.0./s1. The van der Waals surface area contributed by atoms with Crippen LogP contribution in [0, 0.1) is 29.2 Å². The molecule has 10 rings (SSSR count). The van der Waals surface area contributed by atoms with Crippen molar-refractivity contribution in [3.8, 4) is 23.3 Å².